The van der Waals surface area contributed by atoms with Crippen molar-refractivity contribution in [2.24, 2.45) is 11.8 Å². The second-order valence-electron chi connectivity index (χ2n) is 5.89. The molecule has 4 nitrogen and oxygen atoms in total. The Morgan fingerprint density at radius 1 is 0.625 bits per heavy atom. The number of hydrogen-bond donors (Lipinski definition) is 2. The summed E-state index contributed by atoms with van der Waals surface area (Å²) in [6.45, 7) is 1.72. The minimum atomic E-state index is -0.144. The molecule has 0 saturated heterocycles. The van der Waals surface area contributed by atoms with Crippen molar-refractivity contribution in [3.05, 3.63) is 71.8 Å². The van der Waals surface area contributed by atoms with Gasteiger partial charge >= 0.3 is 0 Å². The Kier molecular flexibility index (Phi) is 8.49. The fourth-order valence-electron chi connectivity index (χ4n) is 2.48. The maximum absolute atomic E-state index is 9.59. The van der Waals surface area contributed by atoms with Crippen LogP contribution in [0.3, 0.4) is 0 Å². The Morgan fingerprint density at radius 2 is 1.00 bits per heavy atom. The number of hydrogen-bond acceptors (Lipinski definition) is 4. The Bertz CT molecular complexity index is 493. The second-order valence-corrected chi connectivity index (χ2v) is 5.89. The summed E-state index contributed by atoms with van der Waals surface area (Å²) >= 11 is 0. The van der Waals surface area contributed by atoms with E-state index in [0.29, 0.717) is 26.4 Å². The maximum Gasteiger partial charge on any atom is 0.0717 e. The smallest absolute Gasteiger partial charge is 0.0717 e. The van der Waals surface area contributed by atoms with E-state index in [4.69, 9.17) is 9.47 Å². The van der Waals surface area contributed by atoms with E-state index in [2.05, 4.69) is 0 Å². The van der Waals surface area contributed by atoms with Crippen LogP contribution in [-0.2, 0) is 22.7 Å². The monoisotopic (exact) mass is 330 g/mol. The highest BCUT2D eigenvalue weighted by Crippen LogP contribution is 2.15. The minimum absolute atomic E-state index is 0.0330. The SMILES string of the molecule is OCC(COCc1ccccc1)C(CO)COCc1ccccc1. The van der Waals surface area contributed by atoms with Crippen molar-refractivity contribution in [1.82, 2.24) is 0 Å². The van der Waals surface area contributed by atoms with Crippen molar-refractivity contribution in [1.29, 1.82) is 0 Å². The van der Waals surface area contributed by atoms with Gasteiger partial charge in [-0.25, -0.2) is 0 Å². The summed E-state index contributed by atoms with van der Waals surface area (Å²) in [6.07, 6.45) is 0. The molecule has 24 heavy (non-hydrogen) atoms. The predicted molar refractivity (Wildman–Crippen MR) is 93.3 cm³/mol. The van der Waals surface area contributed by atoms with Crippen molar-refractivity contribution in [3.63, 3.8) is 0 Å². The van der Waals surface area contributed by atoms with Crippen molar-refractivity contribution in [2.45, 2.75) is 13.2 Å². The number of aliphatic hydroxyl groups excluding tert-OH is 2. The molecule has 2 atom stereocenters. The number of aliphatic hydroxyl groups is 2. The molecule has 2 rings (SSSR count). The molecule has 0 heterocycles. The molecule has 2 aromatic carbocycles. The lowest BCUT2D eigenvalue weighted by Crippen LogP contribution is -2.30. The van der Waals surface area contributed by atoms with Gasteiger partial charge in [-0.2, -0.15) is 0 Å². The van der Waals surface area contributed by atoms with Crippen LogP contribution in [0.1, 0.15) is 11.1 Å². The van der Waals surface area contributed by atoms with Crippen LogP contribution in [0.5, 0.6) is 0 Å². The first-order valence-electron chi connectivity index (χ1n) is 8.28. The fraction of sp³-hybridized carbons (Fsp3) is 0.400. The first-order valence-corrected chi connectivity index (χ1v) is 8.28. The van der Waals surface area contributed by atoms with E-state index in [1.165, 1.54) is 0 Å². The van der Waals surface area contributed by atoms with Crippen LogP contribution in [-0.4, -0.2) is 36.6 Å². The van der Waals surface area contributed by atoms with Crippen LogP contribution < -0.4 is 0 Å². The molecule has 0 fully saturated rings. The minimum Gasteiger partial charge on any atom is -0.396 e. The van der Waals surface area contributed by atoms with Crippen molar-refractivity contribution >= 4 is 0 Å². The summed E-state index contributed by atoms with van der Waals surface area (Å²) in [5.41, 5.74) is 2.19. The van der Waals surface area contributed by atoms with Crippen LogP contribution in [0.25, 0.3) is 0 Å². The molecule has 0 amide bonds. The highest BCUT2D eigenvalue weighted by molar-refractivity contribution is 5.14. The average molecular weight is 330 g/mol. The van der Waals surface area contributed by atoms with Gasteiger partial charge in [-0.3, -0.25) is 0 Å². The molecule has 0 bridgehead atoms. The standard InChI is InChI=1S/C20H26O4/c21-11-19(15-23-13-17-7-3-1-4-8-17)20(12-22)16-24-14-18-9-5-2-6-10-18/h1-10,19-22H,11-16H2. The van der Waals surface area contributed by atoms with E-state index >= 15 is 0 Å². The van der Waals surface area contributed by atoms with Gasteiger partial charge in [0.1, 0.15) is 0 Å². The molecule has 0 aliphatic carbocycles. The van der Waals surface area contributed by atoms with Crippen LogP contribution in [0.15, 0.2) is 60.7 Å². The Balaban J connectivity index is 1.73. The zero-order valence-electron chi connectivity index (χ0n) is 13.9. The van der Waals surface area contributed by atoms with Crippen molar-refractivity contribution in [2.75, 3.05) is 26.4 Å². The highest BCUT2D eigenvalue weighted by atomic mass is 16.5. The van der Waals surface area contributed by atoms with Crippen LogP contribution in [0.4, 0.5) is 0 Å². The molecule has 130 valence electrons. The molecular weight excluding hydrogens is 304 g/mol. The van der Waals surface area contributed by atoms with Gasteiger partial charge in [0.2, 0.25) is 0 Å². The Hall–Kier alpha value is -1.72. The van der Waals surface area contributed by atoms with Gasteiger partial charge in [0.25, 0.3) is 0 Å². The second kappa shape index (κ2) is 10.9. The molecule has 2 aromatic rings. The summed E-state index contributed by atoms with van der Waals surface area (Å²) in [6, 6.07) is 19.8. The highest BCUT2D eigenvalue weighted by Gasteiger charge is 2.21. The maximum atomic E-state index is 9.59. The van der Waals surface area contributed by atoms with E-state index < -0.39 is 0 Å². The van der Waals surface area contributed by atoms with E-state index in [-0.39, 0.29) is 25.0 Å². The number of rotatable bonds is 11. The van der Waals surface area contributed by atoms with Gasteiger partial charge in [-0.05, 0) is 11.1 Å². The molecule has 0 aliphatic rings. The molecule has 0 radical (unpaired) electrons. The Morgan fingerprint density at radius 3 is 1.33 bits per heavy atom. The van der Waals surface area contributed by atoms with Crippen molar-refractivity contribution < 1.29 is 19.7 Å². The summed E-state index contributed by atoms with van der Waals surface area (Å²) in [7, 11) is 0. The van der Waals surface area contributed by atoms with Crippen molar-refractivity contribution in [3.8, 4) is 0 Å². The first-order chi connectivity index (χ1) is 11.8. The molecule has 0 aliphatic heterocycles. The van der Waals surface area contributed by atoms with Crippen LogP contribution >= 0.6 is 0 Å². The molecule has 2 N–H and O–H groups in total. The third-order valence-electron chi connectivity index (χ3n) is 4.02. The molecule has 0 spiro atoms. The molecule has 0 aromatic heterocycles. The lowest BCUT2D eigenvalue weighted by Gasteiger charge is -2.23. The average Bonchev–Trinajstić information content (AvgIpc) is 2.65. The summed E-state index contributed by atoms with van der Waals surface area (Å²) in [5.74, 6) is -0.288. The van der Waals surface area contributed by atoms with Gasteiger partial charge in [0, 0.05) is 25.0 Å². The molecule has 0 saturated carbocycles. The lowest BCUT2D eigenvalue weighted by atomic mass is 9.95. The number of benzene rings is 2. The topological polar surface area (TPSA) is 58.9 Å². The van der Waals surface area contributed by atoms with E-state index in [1.807, 2.05) is 60.7 Å². The molecule has 2 unspecified atom stereocenters. The molecular formula is C20H26O4. The summed E-state index contributed by atoms with van der Waals surface area (Å²) in [5, 5.41) is 19.2. The lowest BCUT2D eigenvalue weighted by molar-refractivity contribution is -0.0171. The Labute approximate surface area is 143 Å². The fourth-order valence-corrected chi connectivity index (χ4v) is 2.48. The van der Waals surface area contributed by atoms with Gasteiger partial charge in [-0.15, -0.1) is 0 Å². The van der Waals surface area contributed by atoms with Crippen LogP contribution in [0, 0.1) is 11.8 Å². The normalized spacial score (nSPS) is 13.6. The number of ether oxygens (including phenoxy) is 2. The van der Waals surface area contributed by atoms with Gasteiger partial charge in [0.05, 0.1) is 26.4 Å². The zero-order valence-corrected chi connectivity index (χ0v) is 13.9. The predicted octanol–water partition coefficient (Wildman–Crippen LogP) is 2.64. The largest absolute Gasteiger partial charge is 0.396 e. The zero-order chi connectivity index (χ0) is 17.0. The van der Waals surface area contributed by atoms with E-state index in [1.54, 1.807) is 0 Å². The van der Waals surface area contributed by atoms with Gasteiger partial charge in [-0.1, -0.05) is 60.7 Å². The van der Waals surface area contributed by atoms with E-state index in [9.17, 15) is 10.2 Å². The molecule has 4 heteroatoms. The third kappa shape index (κ3) is 6.42. The third-order valence-corrected chi connectivity index (χ3v) is 4.02. The quantitative estimate of drug-likeness (QED) is 0.665. The van der Waals surface area contributed by atoms with Gasteiger partial charge < -0.3 is 19.7 Å². The first kappa shape index (κ1) is 18.6. The summed E-state index contributed by atoms with van der Waals surface area (Å²) < 4.78 is 11.4. The van der Waals surface area contributed by atoms with E-state index in [0.717, 1.165) is 11.1 Å². The van der Waals surface area contributed by atoms with Gasteiger partial charge in [0.15, 0.2) is 0 Å². The van der Waals surface area contributed by atoms with Crippen LogP contribution in [0.2, 0.25) is 0 Å². The summed E-state index contributed by atoms with van der Waals surface area (Å²) in [4.78, 5) is 0.